The fraction of sp³-hybridized carbons (Fsp3) is 0.235. The summed E-state index contributed by atoms with van der Waals surface area (Å²) in [6.45, 7) is 0. The first-order valence-electron chi connectivity index (χ1n) is 7.26. The Morgan fingerprint density at radius 2 is 1.70 bits per heavy atom. The summed E-state index contributed by atoms with van der Waals surface area (Å²) in [6, 6.07) is 4.50. The number of rotatable bonds is 4. The molecule has 0 aromatic heterocycles. The third-order valence-corrected chi connectivity index (χ3v) is 4.02. The molecule has 118 valence electrons. The van der Waals surface area contributed by atoms with Crippen molar-refractivity contribution in [3.8, 4) is 0 Å². The lowest BCUT2D eigenvalue weighted by Gasteiger charge is -2.28. The number of aliphatic carboxylic acids is 1. The Balaban J connectivity index is 1.99. The first-order chi connectivity index (χ1) is 11.0. The monoisotopic (exact) mass is 313 g/mol. The molecule has 23 heavy (non-hydrogen) atoms. The molecule has 2 unspecified atom stereocenters. The van der Waals surface area contributed by atoms with E-state index in [0.717, 1.165) is 6.42 Å². The smallest absolute Gasteiger partial charge is 0.330 e. The topological polar surface area (TPSA) is 94.9 Å². The lowest BCUT2D eigenvalue weighted by molar-refractivity contribution is -0.144. The van der Waals surface area contributed by atoms with Gasteiger partial charge in [-0.15, -0.1) is 0 Å². The van der Waals surface area contributed by atoms with Gasteiger partial charge in [-0.05, 0) is 30.5 Å². The van der Waals surface area contributed by atoms with Gasteiger partial charge in [0.1, 0.15) is 6.10 Å². The molecular weight excluding hydrogens is 298 g/mol. The molecule has 1 aliphatic carbocycles. The number of hydrogen-bond donors (Lipinski definition) is 2. The van der Waals surface area contributed by atoms with Gasteiger partial charge in [0.25, 0.3) is 11.8 Å². The van der Waals surface area contributed by atoms with Gasteiger partial charge in [0.2, 0.25) is 0 Å². The second kappa shape index (κ2) is 5.81. The highest BCUT2D eigenvalue weighted by molar-refractivity contribution is 6.22. The van der Waals surface area contributed by atoms with Gasteiger partial charge in [-0.2, -0.15) is 0 Å². The molecule has 0 saturated carbocycles. The van der Waals surface area contributed by atoms with Gasteiger partial charge in [0, 0.05) is 0 Å². The molecule has 0 fully saturated rings. The van der Waals surface area contributed by atoms with E-state index in [2.05, 4.69) is 0 Å². The largest absolute Gasteiger partial charge is 0.480 e. The Morgan fingerprint density at radius 1 is 1.09 bits per heavy atom. The van der Waals surface area contributed by atoms with E-state index in [-0.39, 0.29) is 11.1 Å². The highest BCUT2D eigenvalue weighted by Crippen LogP contribution is 2.28. The minimum absolute atomic E-state index is 0.157. The fourth-order valence-corrected chi connectivity index (χ4v) is 2.88. The van der Waals surface area contributed by atoms with Crippen molar-refractivity contribution in [3.05, 3.63) is 59.2 Å². The van der Waals surface area contributed by atoms with Crippen molar-refractivity contribution >= 4 is 17.8 Å². The first kappa shape index (κ1) is 15.2. The van der Waals surface area contributed by atoms with Crippen LogP contribution in [0.5, 0.6) is 0 Å². The molecule has 2 amide bonds. The molecule has 2 aliphatic rings. The van der Waals surface area contributed by atoms with E-state index in [1.807, 2.05) is 6.08 Å². The van der Waals surface area contributed by atoms with Crippen molar-refractivity contribution in [3.63, 3.8) is 0 Å². The lowest BCUT2D eigenvalue weighted by atomic mass is 9.96. The van der Waals surface area contributed by atoms with E-state index in [1.54, 1.807) is 24.3 Å². The lowest BCUT2D eigenvalue weighted by Crippen LogP contribution is -2.52. The van der Waals surface area contributed by atoms with Gasteiger partial charge in [-0.1, -0.05) is 30.4 Å². The Bertz CT molecular complexity index is 714. The number of aliphatic hydroxyl groups is 1. The molecular formula is C17H15NO5. The fourth-order valence-electron chi connectivity index (χ4n) is 2.88. The minimum Gasteiger partial charge on any atom is -0.480 e. The SMILES string of the molecule is O=C(O)C(C(O)C1=CCCC=C1)N1C(=O)c2ccccc2C1=O. The normalized spacial score (nSPS) is 19.3. The van der Waals surface area contributed by atoms with Gasteiger partial charge in [0.05, 0.1) is 11.1 Å². The van der Waals surface area contributed by atoms with E-state index < -0.39 is 29.9 Å². The molecule has 3 rings (SSSR count). The number of imide groups is 1. The minimum atomic E-state index is -1.66. The third kappa shape index (κ3) is 2.47. The van der Waals surface area contributed by atoms with E-state index in [0.29, 0.717) is 16.9 Å². The predicted molar refractivity (Wildman–Crippen MR) is 80.8 cm³/mol. The molecule has 0 spiro atoms. The van der Waals surface area contributed by atoms with Crippen molar-refractivity contribution in [2.75, 3.05) is 0 Å². The third-order valence-electron chi connectivity index (χ3n) is 4.02. The molecule has 0 radical (unpaired) electrons. The maximum atomic E-state index is 12.4. The van der Waals surface area contributed by atoms with Crippen LogP contribution in [-0.4, -0.2) is 45.0 Å². The summed E-state index contributed by atoms with van der Waals surface area (Å²) in [5, 5.41) is 19.9. The van der Waals surface area contributed by atoms with Crippen LogP contribution in [0.25, 0.3) is 0 Å². The summed E-state index contributed by atoms with van der Waals surface area (Å²) >= 11 is 0. The Morgan fingerprint density at radius 3 is 2.17 bits per heavy atom. The molecule has 2 N–H and O–H groups in total. The molecule has 2 atom stereocenters. The van der Waals surface area contributed by atoms with E-state index in [9.17, 15) is 24.6 Å². The maximum absolute atomic E-state index is 12.4. The summed E-state index contributed by atoms with van der Waals surface area (Å²) in [5.41, 5.74) is 0.716. The van der Waals surface area contributed by atoms with E-state index in [1.165, 1.54) is 12.1 Å². The highest BCUT2D eigenvalue weighted by atomic mass is 16.4. The molecule has 1 aromatic carbocycles. The van der Waals surface area contributed by atoms with Crippen molar-refractivity contribution in [2.45, 2.75) is 25.0 Å². The highest BCUT2D eigenvalue weighted by Gasteiger charge is 2.46. The van der Waals surface area contributed by atoms with Gasteiger partial charge < -0.3 is 10.2 Å². The number of carbonyl (C=O) groups excluding carboxylic acids is 2. The van der Waals surface area contributed by atoms with Gasteiger partial charge >= 0.3 is 5.97 Å². The zero-order valence-electron chi connectivity index (χ0n) is 12.2. The quantitative estimate of drug-likeness (QED) is 0.819. The van der Waals surface area contributed by atoms with Crippen LogP contribution in [0, 0.1) is 0 Å². The average Bonchev–Trinajstić information content (AvgIpc) is 2.81. The van der Waals surface area contributed by atoms with Gasteiger partial charge in [0.15, 0.2) is 6.04 Å². The van der Waals surface area contributed by atoms with Crippen LogP contribution in [0.2, 0.25) is 0 Å². The number of nitrogens with zero attached hydrogens (tertiary/aromatic N) is 1. The zero-order valence-corrected chi connectivity index (χ0v) is 12.2. The van der Waals surface area contributed by atoms with E-state index in [4.69, 9.17) is 0 Å². The number of amides is 2. The summed E-state index contributed by atoms with van der Waals surface area (Å²) in [4.78, 5) is 37.2. The van der Waals surface area contributed by atoms with Crippen LogP contribution < -0.4 is 0 Å². The van der Waals surface area contributed by atoms with Crippen LogP contribution in [-0.2, 0) is 4.79 Å². The number of benzene rings is 1. The number of carboxylic acid groups (broad SMARTS) is 1. The molecule has 6 nitrogen and oxygen atoms in total. The molecule has 0 saturated heterocycles. The average molecular weight is 313 g/mol. The Labute approximate surface area is 132 Å². The van der Waals surface area contributed by atoms with Crippen LogP contribution in [0.15, 0.2) is 48.1 Å². The number of allylic oxidation sites excluding steroid dienone is 2. The number of carboxylic acids is 1. The molecule has 1 aromatic rings. The number of hydrogen-bond acceptors (Lipinski definition) is 4. The van der Waals surface area contributed by atoms with Crippen molar-refractivity contribution < 1.29 is 24.6 Å². The van der Waals surface area contributed by atoms with Crippen LogP contribution in [0.4, 0.5) is 0 Å². The van der Waals surface area contributed by atoms with Crippen LogP contribution >= 0.6 is 0 Å². The van der Waals surface area contributed by atoms with Crippen molar-refractivity contribution in [1.29, 1.82) is 0 Å². The summed E-state index contributed by atoms with van der Waals surface area (Å²) in [7, 11) is 0. The summed E-state index contributed by atoms with van der Waals surface area (Å²) in [5.74, 6) is -2.82. The second-order valence-corrected chi connectivity index (χ2v) is 5.44. The van der Waals surface area contributed by atoms with Crippen molar-refractivity contribution in [2.24, 2.45) is 0 Å². The van der Waals surface area contributed by atoms with E-state index >= 15 is 0 Å². The maximum Gasteiger partial charge on any atom is 0.330 e. The Kier molecular flexibility index (Phi) is 3.83. The summed E-state index contributed by atoms with van der Waals surface area (Å²) in [6.07, 6.45) is 5.19. The zero-order chi connectivity index (χ0) is 16.6. The molecule has 1 aliphatic heterocycles. The van der Waals surface area contributed by atoms with Crippen molar-refractivity contribution in [1.82, 2.24) is 4.90 Å². The van der Waals surface area contributed by atoms with Gasteiger partial charge in [-0.3, -0.25) is 14.5 Å². The van der Waals surface area contributed by atoms with Crippen LogP contribution in [0.1, 0.15) is 33.6 Å². The number of carbonyl (C=O) groups is 3. The van der Waals surface area contributed by atoms with Crippen LogP contribution in [0.3, 0.4) is 0 Å². The predicted octanol–water partition coefficient (Wildman–Crippen LogP) is 1.37. The number of aliphatic hydroxyl groups excluding tert-OH is 1. The first-order valence-corrected chi connectivity index (χ1v) is 7.26. The standard InChI is InChI=1S/C17H15NO5/c19-14(10-6-2-1-3-7-10)13(17(22)23)18-15(20)11-8-4-5-9-12(11)16(18)21/h2,4-9,13-14,19H,1,3H2,(H,22,23). The summed E-state index contributed by atoms with van der Waals surface area (Å²) < 4.78 is 0. The molecule has 6 heteroatoms. The second-order valence-electron chi connectivity index (χ2n) is 5.44. The number of fused-ring (bicyclic) bond motifs is 1. The molecule has 1 heterocycles. The Hall–Kier alpha value is -2.73. The molecule has 0 bridgehead atoms. The van der Waals surface area contributed by atoms with Gasteiger partial charge in [-0.25, -0.2) is 4.79 Å².